The molecule has 6 rings (SSSR count). The average molecular weight is 589 g/mol. The first-order chi connectivity index (χ1) is 20.2. The highest BCUT2D eigenvalue weighted by molar-refractivity contribution is 6.24. The smallest absolute Gasteiger partial charge is 0.255 e. The second kappa shape index (κ2) is 9.52. The molecule has 2 fully saturated rings. The summed E-state index contributed by atoms with van der Waals surface area (Å²) in [5.74, 6) is -6.95. The minimum atomic E-state index is -2.75. The summed E-state index contributed by atoms with van der Waals surface area (Å²) in [5, 5.41) is 57.8. The van der Waals surface area contributed by atoms with Crippen LogP contribution in [-0.2, 0) is 20.8 Å². The number of nitrogens with two attached hydrogens (primary N) is 1. The zero-order valence-electron chi connectivity index (χ0n) is 23.8. The number of nitrogens with one attached hydrogen (secondary N) is 1. The van der Waals surface area contributed by atoms with Gasteiger partial charge >= 0.3 is 0 Å². The van der Waals surface area contributed by atoms with E-state index in [1.165, 1.54) is 12.3 Å². The Kier molecular flexibility index (Phi) is 6.34. The summed E-state index contributed by atoms with van der Waals surface area (Å²) in [6.07, 6.45) is 2.38. The number of aromatic nitrogens is 1. The summed E-state index contributed by atoms with van der Waals surface area (Å²) in [7, 11) is 0. The third kappa shape index (κ3) is 4.02. The Morgan fingerprint density at radius 2 is 1.93 bits per heavy atom. The molecular formula is C31H32N4O8. The van der Waals surface area contributed by atoms with Crippen LogP contribution in [0.4, 0.5) is 0 Å². The van der Waals surface area contributed by atoms with Gasteiger partial charge in [-0.25, -0.2) is 4.98 Å². The van der Waals surface area contributed by atoms with Crippen LogP contribution in [0, 0.1) is 28.6 Å². The molecule has 1 aromatic heterocycles. The van der Waals surface area contributed by atoms with E-state index in [0.29, 0.717) is 29.7 Å². The molecule has 0 saturated heterocycles. The van der Waals surface area contributed by atoms with Crippen molar-refractivity contribution in [3.63, 3.8) is 0 Å². The summed E-state index contributed by atoms with van der Waals surface area (Å²) in [4.78, 5) is 44.6. The molecule has 12 heteroatoms. The number of rotatable bonds is 5. The number of phenols is 1. The van der Waals surface area contributed by atoms with E-state index in [0.717, 1.165) is 0 Å². The lowest BCUT2D eigenvalue weighted by Crippen LogP contribution is -2.68. The summed E-state index contributed by atoms with van der Waals surface area (Å²) in [6.45, 7) is 5.69. The van der Waals surface area contributed by atoms with Crippen molar-refractivity contribution in [2.45, 2.75) is 70.1 Å². The maximum absolute atomic E-state index is 14.1. The van der Waals surface area contributed by atoms with Crippen molar-refractivity contribution in [2.75, 3.05) is 0 Å². The Balaban J connectivity index is 1.47. The van der Waals surface area contributed by atoms with Gasteiger partial charge in [-0.3, -0.25) is 14.4 Å². The average Bonchev–Trinajstić information content (AvgIpc) is 3.42. The predicted octanol–water partition coefficient (Wildman–Crippen LogP) is 2.46. The molecule has 0 radical (unpaired) electrons. The summed E-state index contributed by atoms with van der Waals surface area (Å²) >= 11 is 0. The van der Waals surface area contributed by atoms with E-state index in [-0.39, 0.29) is 47.6 Å². The number of primary amides is 1. The fraction of sp³-hybridized carbons (Fsp3) is 0.452. The zero-order valence-corrected chi connectivity index (χ0v) is 23.8. The van der Waals surface area contributed by atoms with Crippen LogP contribution >= 0.6 is 0 Å². The number of Topliss-reactive ketones (excluding diaryl/α,β-unsaturated/α-hetero) is 2. The summed E-state index contributed by atoms with van der Waals surface area (Å²) in [5.41, 5.74) is 2.58. The van der Waals surface area contributed by atoms with Crippen LogP contribution in [0.2, 0.25) is 0 Å². The van der Waals surface area contributed by atoms with Crippen LogP contribution in [0.5, 0.6) is 5.75 Å². The number of benzene rings is 1. The lowest BCUT2D eigenvalue weighted by molar-refractivity contribution is -0.151. The first-order valence-corrected chi connectivity index (χ1v) is 14.2. The molecular weight excluding hydrogens is 556 g/mol. The number of amides is 1. The Labute approximate surface area is 246 Å². The molecule has 0 unspecified atom stereocenters. The van der Waals surface area contributed by atoms with Gasteiger partial charge in [0.15, 0.2) is 11.4 Å². The number of carbonyl (C=O) groups excluding carboxylic acids is 3. The highest BCUT2D eigenvalue weighted by Gasteiger charge is 2.64. The maximum Gasteiger partial charge on any atom is 0.255 e. The fourth-order valence-corrected chi connectivity index (χ4v) is 7.24. The minimum absolute atomic E-state index is 0.0335. The maximum atomic E-state index is 14.1. The Bertz CT molecular complexity index is 1710. The Morgan fingerprint density at radius 3 is 2.53 bits per heavy atom. The van der Waals surface area contributed by atoms with Crippen molar-refractivity contribution in [1.82, 2.24) is 10.3 Å². The molecule has 0 spiro atoms. The minimum Gasteiger partial charge on any atom is -0.508 e. The van der Waals surface area contributed by atoms with E-state index in [9.17, 15) is 40.1 Å². The first kappa shape index (κ1) is 28.6. The van der Waals surface area contributed by atoms with Gasteiger partial charge in [-0.05, 0) is 62.1 Å². The molecule has 1 heterocycles. The molecule has 0 aliphatic heterocycles. The van der Waals surface area contributed by atoms with Crippen LogP contribution in [-0.4, -0.2) is 60.6 Å². The molecule has 2 saturated carbocycles. The molecule has 1 aromatic carbocycles. The molecule has 4 aliphatic rings. The van der Waals surface area contributed by atoms with Crippen LogP contribution in [0.1, 0.15) is 62.8 Å². The molecule has 43 heavy (non-hydrogen) atoms. The van der Waals surface area contributed by atoms with Crippen LogP contribution in [0.25, 0.3) is 17.2 Å². The van der Waals surface area contributed by atoms with Gasteiger partial charge in [0.05, 0.1) is 28.8 Å². The van der Waals surface area contributed by atoms with Gasteiger partial charge in [0.1, 0.15) is 29.1 Å². The third-order valence-electron chi connectivity index (χ3n) is 9.51. The quantitative estimate of drug-likeness (QED) is 0.279. The summed E-state index contributed by atoms with van der Waals surface area (Å²) in [6, 6.07) is 3.56. The third-order valence-corrected chi connectivity index (χ3v) is 9.51. The predicted molar refractivity (Wildman–Crippen MR) is 150 cm³/mol. The number of aliphatic hydroxyl groups excluding tert-OH is 2. The molecule has 12 nitrogen and oxygen atoms in total. The van der Waals surface area contributed by atoms with E-state index in [4.69, 9.17) is 10.2 Å². The highest BCUT2D eigenvalue weighted by atomic mass is 16.4. The topological polar surface area (TPSA) is 220 Å². The number of fused-ring (bicyclic) bond motifs is 3. The number of hydrogen-bond donors (Lipinski definition) is 6. The number of ketones is 2. The largest absolute Gasteiger partial charge is 0.508 e. The molecule has 224 valence electrons. The monoisotopic (exact) mass is 588 g/mol. The number of carbonyl (C=O) groups is 3. The number of aromatic hydroxyl groups is 1. The van der Waals surface area contributed by atoms with Crippen molar-refractivity contribution in [2.24, 2.45) is 23.0 Å². The zero-order chi connectivity index (χ0) is 31.2. The van der Waals surface area contributed by atoms with Gasteiger partial charge in [-0.15, -0.1) is 0 Å². The van der Waals surface area contributed by atoms with Crippen molar-refractivity contribution in [3.05, 3.63) is 52.1 Å². The van der Waals surface area contributed by atoms with Crippen LogP contribution in [0.15, 0.2) is 39.7 Å². The van der Waals surface area contributed by atoms with Crippen molar-refractivity contribution in [3.8, 4) is 23.3 Å². The summed E-state index contributed by atoms with van der Waals surface area (Å²) < 4.78 is 5.72. The SMILES string of the molecule is CC(C)c1coc(-c2ccc(O)c3c2C[C@H]2C[C@H]4[C@@H](NC5CC(C)(C#N)C5)C(=O)C(C(N)=O)=C(O)[C@@]4(O)C(=O)C2=C3O)n1. The van der Waals surface area contributed by atoms with Gasteiger partial charge in [0.2, 0.25) is 11.7 Å². The van der Waals surface area contributed by atoms with Crippen LogP contribution in [0.3, 0.4) is 0 Å². The molecule has 4 atom stereocenters. The van der Waals surface area contributed by atoms with Gasteiger partial charge in [0, 0.05) is 23.1 Å². The highest BCUT2D eigenvalue weighted by Crippen LogP contribution is 2.53. The van der Waals surface area contributed by atoms with Gasteiger partial charge in [-0.1, -0.05) is 13.8 Å². The van der Waals surface area contributed by atoms with Gasteiger partial charge in [-0.2, -0.15) is 5.26 Å². The normalized spacial score (nSPS) is 31.7. The second-order valence-corrected chi connectivity index (χ2v) is 12.7. The van der Waals surface area contributed by atoms with E-state index in [1.807, 2.05) is 13.8 Å². The van der Waals surface area contributed by atoms with E-state index < -0.39 is 63.5 Å². The van der Waals surface area contributed by atoms with Crippen molar-refractivity contribution in [1.29, 1.82) is 5.26 Å². The number of phenolic OH excluding ortho intramolecular Hbond substituents is 1. The lowest BCUT2D eigenvalue weighted by Gasteiger charge is -2.51. The molecule has 0 bridgehead atoms. The molecule has 2 aromatic rings. The van der Waals surface area contributed by atoms with Crippen molar-refractivity contribution < 1.29 is 39.2 Å². The van der Waals surface area contributed by atoms with E-state index in [2.05, 4.69) is 16.4 Å². The standard InChI is InChI=1S/C31H32N4O8/c1-12(2)18-10-43-29(35-18)15-4-5-19(36)21-16(15)6-13-7-17-23(34-14-8-30(3,9-14)11-32)25(38)22(28(33)41)27(40)31(17,42)26(39)20(13)24(21)37/h4-5,10,12-14,17,23,34,36-37,40,42H,6-9H2,1-3H3,(H2,33,41)/t13-,14?,17-,23+,30?,31-/m0/s1. The number of oxazole rings is 1. The second-order valence-electron chi connectivity index (χ2n) is 12.7. The first-order valence-electron chi connectivity index (χ1n) is 14.2. The Morgan fingerprint density at radius 1 is 1.23 bits per heavy atom. The molecule has 4 aliphatic carbocycles. The van der Waals surface area contributed by atoms with Gasteiger partial charge in [0.25, 0.3) is 5.91 Å². The van der Waals surface area contributed by atoms with Crippen molar-refractivity contribution >= 4 is 23.2 Å². The van der Waals surface area contributed by atoms with Crippen LogP contribution < -0.4 is 11.1 Å². The fourth-order valence-electron chi connectivity index (χ4n) is 7.24. The van der Waals surface area contributed by atoms with E-state index >= 15 is 0 Å². The Hall–Kier alpha value is -4.47. The number of nitrogens with zero attached hydrogens (tertiary/aromatic N) is 2. The van der Waals surface area contributed by atoms with Gasteiger partial charge < -0.3 is 35.9 Å². The number of aliphatic hydroxyl groups is 3. The number of hydrogen-bond acceptors (Lipinski definition) is 11. The number of nitriles is 1. The molecule has 1 amide bonds. The molecule has 7 N–H and O–H groups in total. The van der Waals surface area contributed by atoms with E-state index in [1.54, 1.807) is 13.0 Å². The lowest BCUT2D eigenvalue weighted by atomic mass is 9.57.